The molecule has 26 heavy (non-hydrogen) atoms. The molecule has 3 unspecified atom stereocenters. The first-order chi connectivity index (χ1) is 11.9. The van der Waals surface area contributed by atoms with E-state index in [2.05, 4.69) is 5.32 Å². The number of nitrogens with one attached hydrogen (secondary N) is 1. The van der Waals surface area contributed by atoms with E-state index in [0.717, 1.165) is 12.8 Å². The fourth-order valence-corrected chi connectivity index (χ4v) is 3.77. The number of likely N-dealkylation sites (tertiary alicyclic amines) is 1. The Bertz CT molecular complexity index is 554. The van der Waals surface area contributed by atoms with Crippen LogP contribution < -0.4 is 5.32 Å². The van der Waals surface area contributed by atoms with Crippen LogP contribution in [0.1, 0.15) is 46.5 Å². The first-order valence-corrected chi connectivity index (χ1v) is 9.04. The molecule has 2 N–H and O–H groups in total. The third-order valence-electron chi connectivity index (χ3n) is 4.95. The smallest absolute Gasteiger partial charge is 0.326 e. The summed E-state index contributed by atoms with van der Waals surface area (Å²) < 4.78 is 5.06. The number of rotatable bonds is 8. The minimum Gasteiger partial charge on any atom is -0.480 e. The molecule has 1 aliphatic heterocycles. The van der Waals surface area contributed by atoms with Crippen LogP contribution in [0.3, 0.4) is 0 Å². The van der Waals surface area contributed by atoms with Crippen molar-refractivity contribution in [2.45, 2.75) is 70.6 Å². The number of amides is 1. The number of carbonyl (C=O) groups excluding carboxylic acids is 2. The molecule has 2 aliphatic rings. The molecule has 1 aliphatic carbocycles. The number of hydrogen-bond acceptors (Lipinski definition) is 5. The van der Waals surface area contributed by atoms with Gasteiger partial charge in [-0.25, -0.2) is 4.79 Å². The van der Waals surface area contributed by atoms with E-state index in [4.69, 9.17) is 4.74 Å². The maximum Gasteiger partial charge on any atom is 0.326 e. The van der Waals surface area contributed by atoms with Crippen LogP contribution in [0.2, 0.25) is 0 Å². The molecule has 0 saturated carbocycles. The number of carboxylic acid groups (broad SMARTS) is 1. The fourth-order valence-electron chi connectivity index (χ4n) is 3.77. The highest BCUT2D eigenvalue weighted by molar-refractivity contribution is 5.89. The number of allylic oxidation sites excluding steroid dienone is 1. The van der Waals surface area contributed by atoms with E-state index >= 15 is 0 Å². The first-order valence-electron chi connectivity index (χ1n) is 9.04. The highest BCUT2D eigenvalue weighted by atomic mass is 35.5. The molecule has 7 nitrogen and oxygen atoms in total. The predicted molar refractivity (Wildman–Crippen MR) is 99.1 cm³/mol. The molecule has 0 spiro atoms. The van der Waals surface area contributed by atoms with Gasteiger partial charge in [0.05, 0.1) is 18.7 Å². The van der Waals surface area contributed by atoms with Crippen molar-refractivity contribution in [3.8, 4) is 0 Å². The van der Waals surface area contributed by atoms with Gasteiger partial charge in [0.25, 0.3) is 0 Å². The molecule has 0 radical (unpaired) electrons. The number of carboxylic acids is 1. The van der Waals surface area contributed by atoms with Gasteiger partial charge < -0.3 is 14.7 Å². The first kappa shape index (κ1) is 22.4. The highest BCUT2D eigenvalue weighted by Gasteiger charge is 2.48. The van der Waals surface area contributed by atoms with Crippen LogP contribution in [0, 0.1) is 5.92 Å². The van der Waals surface area contributed by atoms with Crippen LogP contribution in [0.15, 0.2) is 12.2 Å². The van der Waals surface area contributed by atoms with Crippen LogP contribution >= 0.6 is 12.4 Å². The Morgan fingerprint density at radius 2 is 2.04 bits per heavy atom. The lowest BCUT2D eigenvalue weighted by atomic mass is 10.0. The number of halogens is 1. The Kier molecular flexibility index (Phi) is 8.56. The molecular formula is C18H29ClN2O5. The molecule has 1 saturated heterocycles. The monoisotopic (exact) mass is 388 g/mol. The Balaban J connectivity index is 0.00000338. The summed E-state index contributed by atoms with van der Waals surface area (Å²) in [7, 11) is 0. The summed E-state index contributed by atoms with van der Waals surface area (Å²) in [6.07, 6.45) is 6.54. The third-order valence-corrected chi connectivity index (χ3v) is 4.95. The van der Waals surface area contributed by atoms with Gasteiger partial charge in [0.2, 0.25) is 5.91 Å². The Morgan fingerprint density at radius 1 is 1.35 bits per heavy atom. The Hall–Kier alpha value is -1.60. The fraction of sp³-hybridized carbons (Fsp3) is 0.722. The molecule has 1 amide bonds. The van der Waals surface area contributed by atoms with Crippen molar-refractivity contribution in [2.24, 2.45) is 5.92 Å². The van der Waals surface area contributed by atoms with Crippen LogP contribution in [0.5, 0.6) is 0 Å². The molecule has 148 valence electrons. The van der Waals surface area contributed by atoms with Crippen molar-refractivity contribution < 1.29 is 24.2 Å². The summed E-state index contributed by atoms with van der Waals surface area (Å²) in [5, 5.41) is 12.5. The normalized spacial score (nSPS) is 26.0. The number of nitrogens with zero attached hydrogens (tertiary/aromatic N) is 1. The Morgan fingerprint density at radius 3 is 2.62 bits per heavy atom. The minimum atomic E-state index is -0.973. The lowest BCUT2D eigenvalue weighted by Crippen LogP contribution is -2.55. The number of esters is 1. The SMILES string of the molecule is CCC[C@H](N[C@@H](C)C(=O)N1C(C(=O)O)CC2CC=CC21)C(=O)OCC.Cl. The number of fused-ring (bicyclic) bond motifs is 1. The molecule has 2 rings (SSSR count). The molecule has 5 atom stereocenters. The molecule has 8 heteroatoms. The van der Waals surface area contributed by atoms with Crippen LogP contribution in [-0.2, 0) is 19.1 Å². The van der Waals surface area contributed by atoms with Crippen molar-refractivity contribution in [1.29, 1.82) is 0 Å². The van der Waals surface area contributed by atoms with E-state index in [1.54, 1.807) is 13.8 Å². The van der Waals surface area contributed by atoms with Gasteiger partial charge >= 0.3 is 11.9 Å². The van der Waals surface area contributed by atoms with E-state index in [1.807, 2.05) is 19.1 Å². The second-order valence-electron chi connectivity index (χ2n) is 6.73. The lowest BCUT2D eigenvalue weighted by molar-refractivity contribution is -0.151. The molecule has 0 aromatic carbocycles. The zero-order valence-corrected chi connectivity index (χ0v) is 16.3. The largest absolute Gasteiger partial charge is 0.480 e. The van der Waals surface area contributed by atoms with E-state index in [1.165, 1.54) is 4.90 Å². The van der Waals surface area contributed by atoms with Gasteiger partial charge in [-0.05, 0) is 39.0 Å². The number of hydrogen-bond donors (Lipinski definition) is 2. The van der Waals surface area contributed by atoms with Gasteiger partial charge in [-0.3, -0.25) is 14.9 Å². The maximum atomic E-state index is 12.9. The summed E-state index contributed by atoms with van der Waals surface area (Å²) >= 11 is 0. The van der Waals surface area contributed by atoms with Gasteiger partial charge in [0, 0.05) is 0 Å². The molecule has 0 aromatic rings. The highest BCUT2D eigenvalue weighted by Crippen LogP contribution is 2.37. The van der Waals surface area contributed by atoms with Crippen molar-refractivity contribution in [2.75, 3.05) is 6.61 Å². The van der Waals surface area contributed by atoms with Gasteiger partial charge in [-0.1, -0.05) is 25.5 Å². The number of aliphatic carboxylic acids is 1. The van der Waals surface area contributed by atoms with Crippen LogP contribution in [-0.4, -0.2) is 58.6 Å². The van der Waals surface area contributed by atoms with E-state index in [9.17, 15) is 19.5 Å². The molecule has 0 bridgehead atoms. The molecule has 0 aromatic heterocycles. The zero-order valence-electron chi connectivity index (χ0n) is 15.5. The summed E-state index contributed by atoms with van der Waals surface area (Å²) in [5.41, 5.74) is 0. The van der Waals surface area contributed by atoms with Gasteiger partial charge in [-0.15, -0.1) is 12.4 Å². The van der Waals surface area contributed by atoms with Gasteiger partial charge in [0.15, 0.2) is 0 Å². The number of carbonyl (C=O) groups is 3. The van der Waals surface area contributed by atoms with E-state index in [-0.39, 0.29) is 42.9 Å². The molecule has 1 fully saturated rings. The third kappa shape index (κ3) is 4.76. The zero-order chi connectivity index (χ0) is 18.6. The molecule has 1 heterocycles. The summed E-state index contributed by atoms with van der Waals surface area (Å²) in [5.74, 6) is -1.46. The Labute approximate surface area is 160 Å². The minimum absolute atomic E-state index is 0. The topological polar surface area (TPSA) is 95.9 Å². The second kappa shape index (κ2) is 9.92. The maximum absolute atomic E-state index is 12.9. The van der Waals surface area contributed by atoms with Gasteiger partial charge in [0.1, 0.15) is 12.1 Å². The molecular weight excluding hydrogens is 360 g/mol. The summed E-state index contributed by atoms with van der Waals surface area (Å²) in [6, 6.07) is -2.19. The van der Waals surface area contributed by atoms with Crippen LogP contribution in [0.25, 0.3) is 0 Å². The quantitative estimate of drug-likeness (QED) is 0.485. The van der Waals surface area contributed by atoms with Crippen molar-refractivity contribution in [3.63, 3.8) is 0 Å². The van der Waals surface area contributed by atoms with Crippen molar-refractivity contribution in [3.05, 3.63) is 12.2 Å². The summed E-state index contributed by atoms with van der Waals surface area (Å²) in [6.45, 7) is 5.65. The van der Waals surface area contributed by atoms with Crippen LogP contribution in [0.4, 0.5) is 0 Å². The second-order valence-corrected chi connectivity index (χ2v) is 6.73. The average Bonchev–Trinajstić information content (AvgIpc) is 3.14. The van der Waals surface area contributed by atoms with E-state index < -0.39 is 24.1 Å². The predicted octanol–water partition coefficient (Wildman–Crippen LogP) is 1.75. The number of ether oxygens (including phenoxy) is 1. The summed E-state index contributed by atoms with van der Waals surface area (Å²) in [4.78, 5) is 38.0. The average molecular weight is 389 g/mol. The standard InChI is InChI=1S/C18H28N2O5.ClH/c1-4-7-13(18(24)25-5-2)19-11(3)16(21)20-14-9-6-8-12(14)10-15(20)17(22)23;/h6,9,11-15,19H,4-5,7-8,10H2,1-3H3,(H,22,23);1H/t11-,12?,13-,14?,15?;/m0./s1. The van der Waals surface area contributed by atoms with Crippen molar-refractivity contribution >= 4 is 30.3 Å². The lowest BCUT2D eigenvalue weighted by Gasteiger charge is -2.31. The van der Waals surface area contributed by atoms with Crippen molar-refractivity contribution in [1.82, 2.24) is 10.2 Å². The van der Waals surface area contributed by atoms with E-state index in [0.29, 0.717) is 12.8 Å². The van der Waals surface area contributed by atoms with Gasteiger partial charge in [-0.2, -0.15) is 0 Å².